The number of carbonyl (C=O) groups excluding carboxylic acids is 1. The molecule has 2 rings (SSSR count). The quantitative estimate of drug-likeness (QED) is 0.903. The SMILES string of the molecule is CCN(CC)C(=O)NCc1cccnc1-n1cccn1. The van der Waals surface area contributed by atoms with Crippen LogP contribution in [0.15, 0.2) is 36.8 Å². The van der Waals surface area contributed by atoms with Gasteiger partial charge in [-0.05, 0) is 26.0 Å². The van der Waals surface area contributed by atoms with Crippen molar-refractivity contribution in [2.45, 2.75) is 20.4 Å². The summed E-state index contributed by atoms with van der Waals surface area (Å²) < 4.78 is 1.69. The molecule has 2 amide bonds. The van der Waals surface area contributed by atoms with Crippen LogP contribution in [0.4, 0.5) is 4.79 Å². The molecule has 6 nitrogen and oxygen atoms in total. The molecule has 0 aliphatic rings. The van der Waals surface area contributed by atoms with Crippen LogP contribution in [-0.4, -0.2) is 38.8 Å². The molecule has 0 bridgehead atoms. The summed E-state index contributed by atoms with van der Waals surface area (Å²) in [6.07, 6.45) is 5.25. The summed E-state index contributed by atoms with van der Waals surface area (Å²) in [5, 5.41) is 7.08. The highest BCUT2D eigenvalue weighted by Gasteiger charge is 2.11. The minimum atomic E-state index is -0.0646. The topological polar surface area (TPSA) is 63.1 Å². The maximum absolute atomic E-state index is 11.9. The van der Waals surface area contributed by atoms with E-state index in [1.54, 1.807) is 22.0 Å². The Hall–Kier alpha value is -2.37. The molecule has 0 radical (unpaired) electrons. The molecule has 2 aromatic rings. The summed E-state index contributed by atoms with van der Waals surface area (Å²) in [4.78, 5) is 18.0. The van der Waals surface area contributed by atoms with Gasteiger partial charge in [0.05, 0.1) is 0 Å². The van der Waals surface area contributed by atoms with Crippen molar-refractivity contribution in [3.8, 4) is 5.82 Å². The van der Waals surface area contributed by atoms with Gasteiger partial charge >= 0.3 is 6.03 Å². The molecule has 106 valence electrons. The predicted octanol–water partition coefficient (Wildman–Crippen LogP) is 1.82. The fourth-order valence-electron chi connectivity index (χ4n) is 1.96. The molecular weight excluding hydrogens is 254 g/mol. The number of carbonyl (C=O) groups is 1. The van der Waals surface area contributed by atoms with E-state index in [1.807, 2.05) is 38.2 Å². The zero-order valence-corrected chi connectivity index (χ0v) is 11.8. The van der Waals surface area contributed by atoms with Crippen molar-refractivity contribution in [2.75, 3.05) is 13.1 Å². The second-order valence-electron chi connectivity index (χ2n) is 4.27. The van der Waals surface area contributed by atoms with E-state index in [9.17, 15) is 4.79 Å². The molecule has 0 fully saturated rings. The van der Waals surface area contributed by atoms with Crippen LogP contribution in [-0.2, 0) is 6.54 Å². The fraction of sp³-hybridized carbons (Fsp3) is 0.357. The van der Waals surface area contributed by atoms with Crippen LogP contribution in [0.1, 0.15) is 19.4 Å². The summed E-state index contributed by atoms with van der Waals surface area (Å²) in [7, 11) is 0. The van der Waals surface area contributed by atoms with Crippen molar-refractivity contribution in [1.82, 2.24) is 25.0 Å². The second kappa shape index (κ2) is 6.70. The Morgan fingerprint density at radius 1 is 1.30 bits per heavy atom. The van der Waals surface area contributed by atoms with Gasteiger partial charge in [0.25, 0.3) is 0 Å². The molecule has 0 aliphatic heterocycles. The van der Waals surface area contributed by atoms with Gasteiger partial charge in [0.2, 0.25) is 0 Å². The largest absolute Gasteiger partial charge is 0.334 e. The van der Waals surface area contributed by atoms with Crippen molar-refractivity contribution >= 4 is 6.03 Å². The van der Waals surface area contributed by atoms with Gasteiger partial charge in [-0.25, -0.2) is 14.5 Å². The number of pyridine rings is 1. The minimum absolute atomic E-state index is 0.0646. The van der Waals surface area contributed by atoms with E-state index in [-0.39, 0.29) is 6.03 Å². The molecule has 2 heterocycles. The lowest BCUT2D eigenvalue weighted by molar-refractivity contribution is 0.203. The summed E-state index contributed by atoms with van der Waals surface area (Å²) in [5.74, 6) is 0.734. The number of urea groups is 1. The third kappa shape index (κ3) is 3.14. The van der Waals surface area contributed by atoms with Crippen molar-refractivity contribution < 1.29 is 4.79 Å². The standard InChI is InChI=1S/C14H19N5O/c1-3-18(4-2)14(20)16-11-12-7-5-8-15-13(12)19-10-6-9-17-19/h5-10H,3-4,11H2,1-2H3,(H,16,20). The van der Waals surface area contributed by atoms with E-state index in [0.717, 1.165) is 11.4 Å². The average Bonchev–Trinajstić information content (AvgIpc) is 3.01. The molecular formula is C14H19N5O. The van der Waals surface area contributed by atoms with Crippen LogP contribution in [0.25, 0.3) is 5.82 Å². The van der Waals surface area contributed by atoms with E-state index in [0.29, 0.717) is 19.6 Å². The number of nitrogens with zero attached hydrogens (tertiary/aromatic N) is 4. The molecule has 0 saturated carbocycles. The van der Waals surface area contributed by atoms with E-state index in [2.05, 4.69) is 15.4 Å². The van der Waals surface area contributed by atoms with Crippen LogP contribution >= 0.6 is 0 Å². The van der Waals surface area contributed by atoms with Crippen molar-refractivity contribution in [2.24, 2.45) is 0 Å². The van der Waals surface area contributed by atoms with Crippen LogP contribution in [0.3, 0.4) is 0 Å². The third-order valence-corrected chi connectivity index (χ3v) is 3.07. The Morgan fingerprint density at radius 2 is 2.10 bits per heavy atom. The van der Waals surface area contributed by atoms with Gasteiger partial charge < -0.3 is 10.2 Å². The molecule has 0 aromatic carbocycles. The van der Waals surface area contributed by atoms with Crippen LogP contribution in [0.2, 0.25) is 0 Å². The van der Waals surface area contributed by atoms with Gasteiger partial charge in [-0.3, -0.25) is 0 Å². The normalized spacial score (nSPS) is 10.3. The first-order chi connectivity index (χ1) is 9.76. The molecule has 1 N–H and O–H groups in total. The number of aromatic nitrogens is 3. The molecule has 2 aromatic heterocycles. The monoisotopic (exact) mass is 273 g/mol. The molecule has 20 heavy (non-hydrogen) atoms. The number of rotatable bonds is 5. The minimum Gasteiger partial charge on any atom is -0.334 e. The highest BCUT2D eigenvalue weighted by molar-refractivity contribution is 5.74. The van der Waals surface area contributed by atoms with E-state index in [4.69, 9.17) is 0 Å². The Labute approximate surface area is 118 Å². The first kappa shape index (κ1) is 14.0. The van der Waals surface area contributed by atoms with Gasteiger partial charge in [0.15, 0.2) is 5.82 Å². The molecule has 6 heteroatoms. The highest BCUT2D eigenvalue weighted by Crippen LogP contribution is 2.09. The maximum Gasteiger partial charge on any atom is 0.317 e. The molecule has 0 saturated heterocycles. The average molecular weight is 273 g/mol. The highest BCUT2D eigenvalue weighted by atomic mass is 16.2. The Bertz CT molecular complexity index is 548. The van der Waals surface area contributed by atoms with Gasteiger partial charge in [-0.1, -0.05) is 6.07 Å². The van der Waals surface area contributed by atoms with Gasteiger partial charge in [0.1, 0.15) is 0 Å². The van der Waals surface area contributed by atoms with Crippen LogP contribution in [0.5, 0.6) is 0 Å². The Balaban J connectivity index is 2.09. The zero-order valence-electron chi connectivity index (χ0n) is 11.8. The van der Waals surface area contributed by atoms with E-state index in [1.165, 1.54) is 0 Å². The predicted molar refractivity (Wildman–Crippen MR) is 76.5 cm³/mol. The molecule has 0 spiro atoms. The summed E-state index contributed by atoms with van der Waals surface area (Å²) in [5.41, 5.74) is 0.928. The summed E-state index contributed by atoms with van der Waals surface area (Å²) in [6.45, 7) is 5.74. The summed E-state index contributed by atoms with van der Waals surface area (Å²) >= 11 is 0. The van der Waals surface area contributed by atoms with Gasteiger partial charge in [-0.15, -0.1) is 0 Å². The number of amides is 2. The van der Waals surface area contributed by atoms with E-state index >= 15 is 0 Å². The number of hydrogen-bond acceptors (Lipinski definition) is 3. The molecule has 0 unspecified atom stereocenters. The Morgan fingerprint density at radius 3 is 2.75 bits per heavy atom. The second-order valence-corrected chi connectivity index (χ2v) is 4.27. The van der Waals surface area contributed by atoms with Crippen LogP contribution in [0, 0.1) is 0 Å². The lowest BCUT2D eigenvalue weighted by Crippen LogP contribution is -2.39. The Kier molecular flexibility index (Phi) is 4.70. The lowest BCUT2D eigenvalue weighted by Gasteiger charge is -2.19. The van der Waals surface area contributed by atoms with Gasteiger partial charge in [-0.2, -0.15) is 5.10 Å². The maximum atomic E-state index is 11.9. The van der Waals surface area contributed by atoms with Crippen molar-refractivity contribution in [3.05, 3.63) is 42.4 Å². The van der Waals surface area contributed by atoms with Crippen molar-refractivity contribution in [1.29, 1.82) is 0 Å². The van der Waals surface area contributed by atoms with Gasteiger partial charge in [0, 0.05) is 43.8 Å². The first-order valence-corrected chi connectivity index (χ1v) is 6.73. The zero-order chi connectivity index (χ0) is 14.4. The van der Waals surface area contributed by atoms with E-state index < -0.39 is 0 Å². The fourth-order valence-corrected chi connectivity index (χ4v) is 1.96. The number of nitrogens with one attached hydrogen (secondary N) is 1. The third-order valence-electron chi connectivity index (χ3n) is 3.07. The molecule has 0 aliphatic carbocycles. The first-order valence-electron chi connectivity index (χ1n) is 6.73. The van der Waals surface area contributed by atoms with Crippen LogP contribution < -0.4 is 5.32 Å². The summed E-state index contributed by atoms with van der Waals surface area (Å²) in [6, 6.07) is 5.57. The van der Waals surface area contributed by atoms with Crippen molar-refractivity contribution in [3.63, 3.8) is 0 Å². The molecule has 0 atom stereocenters. The smallest absolute Gasteiger partial charge is 0.317 e. The lowest BCUT2D eigenvalue weighted by atomic mass is 10.2. The number of hydrogen-bond donors (Lipinski definition) is 1.